The number of benzene rings is 2. The van der Waals surface area contributed by atoms with Crippen LogP contribution >= 0.6 is 0 Å². The maximum Gasteiger partial charge on any atom is 0.227 e. The molecule has 1 unspecified atom stereocenters. The van der Waals surface area contributed by atoms with Crippen LogP contribution in [0.5, 0.6) is 0 Å². The van der Waals surface area contributed by atoms with E-state index in [1.165, 1.54) is 5.56 Å². The van der Waals surface area contributed by atoms with Crippen LogP contribution in [-0.4, -0.2) is 29.5 Å². The molecule has 3 heterocycles. The third-order valence-electron chi connectivity index (χ3n) is 4.90. The third-order valence-corrected chi connectivity index (χ3v) is 4.90. The van der Waals surface area contributed by atoms with Crippen molar-refractivity contribution in [3.05, 3.63) is 91.1 Å². The first-order valence-corrected chi connectivity index (χ1v) is 9.92. The van der Waals surface area contributed by atoms with Crippen molar-refractivity contribution in [3.8, 4) is 5.82 Å². The summed E-state index contributed by atoms with van der Waals surface area (Å²) in [6.45, 7) is 2.08. The third kappa shape index (κ3) is 4.04. The van der Waals surface area contributed by atoms with Crippen LogP contribution in [0.3, 0.4) is 0 Å². The molecule has 152 valence electrons. The summed E-state index contributed by atoms with van der Waals surface area (Å²) in [7, 11) is 0. The summed E-state index contributed by atoms with van der Waals surface area (Å²) in [5.74, 6) is 1.83. The quantitative estimate of drug-likeness (QED) is 0.426. The van der Waals surface area contributed by atoms with Crippen LogP contribution in [0.1, 0.15) is 18.5 Å². The van der Waals surface area contributed by atoms with E-state index in [1.54, 1.807) is 31.0 Å². The van der Waals surface area contributed by atoms with E-state index in [1.807, 2.05) is 47.0 Å². The summed E-state index contributed by atoms with van der Waals surface area (Å²) in [4.78, 5) is 22.0. The van der Waals surface area contributed by atoms with Gasteiger partial charge in [-0.1, -0.05) is 30.3 Å². The summed E-state index contributed by atoms with van der Waals surface area (Å²) >= 11 is 0. The second-order valence-electron chi connectivity index (χ2n) is 7.03. The predicted molar refractivity (Wildman–Crippen MR) is 120 cm³/mol. The van der Waals surface area contributed by atoms with Crippen molar-refractivity contribution in [2.45, 2.75) is 13.0 Å². The fraction of sp³-hybridized carbons (Fsp3) is 0.0870. The van der Waals surface area contributed by atoms with Crippen molar-refractivity contribution >= 4 is 28.6 Å². The van der Waals surface area contributed by atoms with Gasteiger partial charge < -0.3 is 10.6 Å². The number of hydrogen-bond acceptors (Lipinski definition) is 7. The van der Waals surface area contributed by atoms with Crippen molar-refractivity contribution in [1.82, 2.24) is 29.5 Å². The smallest absolute Gasteiger partial charge is 0.227 e. The van der Waals surface area contributed by atoms with Crippen LogP contribution in [-0.2, 0) is 0 Å². The lowest BCUT2D eigenvalue weighted by molar-refractivity contribution is 0.854. The number of rotatable bonds is 6. The van der Waals surface area contributed by atoms with Gasteiger partial charge in [-0.25, -0.2) is 19.9 Å². The van der Waals surface area contributed by atoms with Gasteiger partial charge in [-0.05, 0) is 42.8 Å². The molecule has 8 heteroatoms. The minimum Gasteiger partial charge on any atom is -0.348 e. The highest BCUT2D eigenvalue weighted by Crippen LogP contribution is 2.23. The maximum absolute atomic E-state index is 4.70. The predicted octanol–water partition coefficient (Wildman–Crippen LogP) is 4.52. The summed E-state index contributed by atoms with van der Waals surface area (Å²) < 4.78 is 1.94. The summed E-state index contributed by atoms with van der Waals surface area (Å²) in [6, 6.07) is 19.8. The van der Waals surface area contributed by atoms with Crippen LogP contribution in [0.25, 0.3) is 16.9 Å². The Labute approximate surface area is 179 Å². The molecule has 0 radical (unpaired) electrons. The summed E-state index contributed by atoms with van der Waals surface area (Å²) in [5.41, 5.74) is 3.82. The Balaban J connectivity index is 1.44. The van der Waals surface area contributed by atoms with E-state index in [9.17, 15) is 0 Å². The minimum absolute atomic E-state index is 0.0812. The maximum atomic E-state index is 4.70. The molecule has 31 heavy (non-hydrogen) atoms. The number of anilines is 3. The zero-order valence-electron chi connectivity index (χ0n) is 16.8. The monoisotopic (exact) mass is 408 g/mol. The lowest BCUT2D eigenvalue weighted by atomic mass is 10.1. The van der Waals surface area contributed by atoms with E-state index < -0.39 is 0 Å². The Kier molecular flexibility index (Phi) is 4.94. The molecule has 0 spiro atoms. The Morgan fingerprint density at radius 3 is 2.45 bits per heavy atom. The van der Waals surface area contributed by atoms with E-state index in [4.69, 9.17) is 4.98 Å². The van der Waals surface area contributed by atoms with Crippen molar-refractivity contribution in [2.24, 2.45) is 0 Å². The topological polar surface area (TPSA) is 93.4 Å². The molecule has 0 bridgehead atoms. The summed E-state index contributed by atoms with van der Waals surface area (Å²) in [5, 5.41) is 6.58. The van der Waals surface area contributed by atoms with Crippen molar-refractivity contribution in [2.75, 3.05) is 10.6 Å². The zero-order valence-corrected chi connectivity index (χ0v) is 16.8. The molecule has 2 aromatic carbocycles. The van der Waals surface area contributed by atoms with Gasteiger partial charge in [0, 0.05) is 24.3 Å². The SMILES string of the molecule is CC(Nc1nccc(-n2cnc3ccc(Nc4ncccn4)cc32)n1)c1ccccc1. The van der Waals surface area contributed by atoms with Crippen LogP contribution < -0.4 is 10.6 Å². The van der Waals surface area contributed by atoms with Crippen molar-refractivity contribution in [3.63, 3.8) is 0 Å². The largest absolute Gasteiger partial charge is 0.348 e. The number of imidazole rings is 1. The minimum atomic E-state index is 0.0812. The van der Waals surface area contributed by atoms with Crippen LogP contribution in [0.4, 0.5) is 17.6 Å². The molecule has 0 fully saturated rings. The normalized spacial score (nSPS) is 11.9. The molecular formula is C23H20N8. The van der Waals surface area contributed by atoms with Gasteiger partial charge >= 0.3 is 0 Å². The van der Waals surface area contributed by atoms with E-state index in [0.29, 0.717) is 11.9 Å². The highest BCUT2D eigenvalue weighted by atomic mass is 15.2. The highest BCUT2D eigenvalue weighted by Gasteiger charge is 2.11. The number of fused-ring (bicyclic) bond motifs is 1. The Hall–Kier alpha value is -4.33. The van der Waals surface area contributed by atoms with Gasteiger partial charge in [0.05, 0.1) is 17.1 Å². The average molecular weight is 408 g/mol. The Bertz CT molecular complexity index is 1300. The van der Waals surface area contributed by atoms with E-state index in [-0.39, 0.29) is 6.04 Å². The van der Waals surface area contributed by atoms with Gasteiger partial charge in [-0.2, -0.15) is 4.98 Å². The van der Waals surface area contributed by atoms with E-state index in [0.717, 1.165) is 22.5 Å². The molecular weight excluding hydrogens is 388 g/mol. The van der Waals surface area contributed by atoms with Crippen LogP contribution in [0.2, 0.25) is 0 Å². The molecule has 3 aromatic heterocycles. The molecule has 8 nitrogen and oxygen atoms in total. The number of hydrogen-bond donors (Lipinski definition) is 2. The van der Waals surface area contributed by atoms with Gasteiger partial charge in [0.1, 0.15) is 12.1 Å². The molecule has 5 rings (SSSR count). The van der Waals surface area contributed by atoms with Gasteiger partial charge in [0.25, 0.3) is 0 Å². The van der Waals surface area contributed by atoms with Gasteiger partial charge in [0.2, 0.25) is 11.9 Å². The molecule has 1 atom stereocenters. The molecule has 0 aliphatic rings. The lowest BCUT2D eigenvalue weighted by Crippen LogP contribution is -2.10. The molecule has 5 aromatic rings. The fourth-order valence-corrected chi connectivity index (χ4v) is 3.33. The first-order chi connectivity index (χ1) is 15.3. The Morgan fingerprint density at radius 1 is 0.806 bits per heavy atom. The lowest BCUT2D eigenvalue weighted by Gasteiger charge is -2.14. The first kappa shape index (κ1) is 18.7. The second kappa shape index (κ2) is 8.19. The molecule has 0 amide bonds. The Morgan fingerprint density at radius 2 is 1.61 bits per heavy atom. The van der Waals surface area contributed by atoms with Crippen molar-refractivity contribution < 1.29 is 0 Å². The zero-order chi connectivity index (χ0) is 21.0. The number of aromatic nitrogens is 6. The van der Waals surface area contributed by atoms with Gasteiger partial charge in [-0.3, -0.25) is 4.57 Å². The van der Waals surface area contributed by atoms with E-state index in [2.05, 4.69) is 49.6 Å². The highest BCUT2D eigenvalue weighted by molar-refractivity contribution is 5.81. The molecule has 0 aliphatic heterocycles. The second-order valence-corrected chi connectivity index (χ2v) is 7.03. The molecule has 0 saturated heterocycles. The van der Waals surface area contributed by atoms with Gasteiger partial charge in [0.15, 0.2) is 0 Å². The number of nitrogens with zero attached hydrogens (tertiary/aromatic N) is 6. The summed E-state index contributed by atoms with van der Waals surface area (Å²) in [6.07, 6.45) is 6.91. The molecule has 0 saturated carbocycles. The van der Waals surface area contributed by atoms with E-state index >= 15 is 0 Å². The standard InChI is InChI=1S/C23H20N8/c1-16(17-6-3-2-4-7-17)28-23-26-13-10-21(30-23)31-15-27-19-9-8-18(14-20(19)31)29-22-24-11-5-12-25-22/h2-16H,1H3,(H,24,25,29)(H,26,28,30). The van der Waals surface area contributed by atoms with Crippen molar-refractivity contribution in [1.29, 1.82) is 0 Å². The molecule has 0 aliphatic carbocycles. The number of nitrogens with one attached hydrogen (secondary N) is 2. The molecule has 2 N–H and O–H groups in total. The van der Waals surface area contributed by atoms with Gasteiger partial charge in [-0.15, -0.1) is 0 Å². The van der Waals surface area contributed by atoms with Crippen LogP contribution in [0, 0.1) is 0 Å². The van der Waals surface area contributed by atoms with Crippen LogP contribution in [0.15, 0.2) is 85.6 Å². The average Bonchev–Trinajstić information content (AvgIpc) is 3.24. The first-order valence-electron chi connectivity index (χ1n) is 9.92. The fourth-order valence-electron chi connectivity index (χ4n) is 3.33.